The van der Waals surface area contributed by atoms with Gasteiger partial charge in [-0.15, -0.1) is 0 Å². The molecule has 2 aliphatic rings. The van der Waals surface area contributed by atoms with E-state index in [0.717, 1.165) is 82.4 Å². The molecule has 2 saturated heterocycles. The van der Waals surface area contributed by atoms with E-state index in [0.29, 0.717) is 0 Å². The zero-order valence-electron chi connectivity index (χ0n) is 15.7. The molecule has 0 atom stereocenters. The normalized spacial score (nSPS) is 19.5. The van der Waals surface area contributed by atoms with Gasteiger partial charge in [-0.2, -0.15) is 0 Å². The summed E-state index contributed by atoms with van der Waals surface area (Å²) in [7, 11) is 0. The lowest BCUT2D eigenvalue weighted by molar-refractivity contribution is -0.125. The van der Waals surface area contributed by atoms with Crippen LogP contribution in [0.15, 0.2) is 24.3 Å². The molecule has 3 heterocycles. The summed E-state index contributed by atoms with van der Waals surface area (Å²) in [5.74, 6) is 0.361. The highest BCUT2D eigenvalue weighted by atomic mass is 32.1. The number of hydrogen-bond acceptors (Lipinski definition) is 6. The Morgan fingerprint density at radius 1 is 1.19 bits per heavy atom. The van der Waals surface area contributed by atoms with Crippen LogP contribution in [0.1, 0.15) is 19.3 Å². The van der Waals surface area contributed by atoms with Gasteiger partial charge in [-0.1, -0.05) is 23.5 Å². The van der Waals surface area contributed by atoms with Gasteiger partial charge in [-0.05, 0) is 37.9 Å². The number of para-hydroxylation sites is 1. The minimum Gasteiger partial charge on any atom is -0.379 e. The van der Waals surface area contributed by atoms with Crippen LogP contribution in [0, 0.1) is 5.92 Å². The van der Waals surface area contributed by atoms with Gasteiger partial charge in [0.15, 0.2) is 5.13 Å². The second-order valence-electron chi connectivity index (χ2n) is 7.32. The van der Waals surface area contributed by atoms with E-state index in [1.54, 1.807) is 11.3 Å². The lowest BCUT2D eigenvalue weighted by Gasteiger charge is -2.31. The number of ether oxygens (including phenoxy) is 1. The molecule has 146 valence electrons. The monoisotopic (exact) mass is 388 g/mol. The Morgan fingerprint density at radius 3 is 2.74 bits per heavy atom. The third-order valence-corrected chi connectivity index (χ3v) is 6.57. The van der Waals surface area contributed by atoms with Crippen molar-refractivity contribution in [3.63, 3.8) is 0 Å². The molecule has 0 unspecified atom stereocenters. The van der Waals surface area contributed by atoms with Gasteiger partial charge in [0.25, 0.3) is 0 Å². The highest BCUT2D eigenvalue weighted by Crippen LogP contribution is 2.31. The number of piperidine rings is 1. The predicted molar refractivity (Wildman–Crippen MR) is 109 cm³/mol. The maximum atomic E-state index is 12.5. The van der Waals surface area contributed by atoms with Gasteiger partial charge in [0.1, 0.15) is 0 Å². The number of thiazole rings is 1. The maximum Gasteiger partial charge on any atom is 0.223 e. The van der Waals surface area contributed by atoms with Crippen molar-refractivity contribution in [2.24, 2.45) is 5.92 Å². The van der Waals surface area contributed by atoms with Crippen LogP contribution in [0.3, 0.4) is 0 Å². The Hall–Kier alpha value is -1.70. The number of anilines is 1. The minimum atomic E-state index is 0.138. The van der Waals surface area contributed by atoms with Crippen molar-refractivity contribution in [2.45, 2.75) is 19.3 Å². The Labute approximate surface area is 164 Å². The fourth-order valence-electron chi connectivity index (χ4n) is 3.81. The summed E-state index contributed by atoms with van der Waals surface area (Å²) in [6, 6.07) is 8.27. The molecule has 1 aromatic carbocycles. The van der Waals surface area contributed by atoms with Gasteiger partial charge in [-0.3, -0.25) is 9.69 Å². The molecule has 7 heteroatoms. The van der Waals surface area contributed by atoms with E-state index in [4.69, 9.17) is 9.72 Å². The van der Waals surface area contributed by atoms with Crippen LogP contribution in [0.2, 0.25) is 0 Å². The summed E-state index contributed by atoms with van der Waals surface area (Å²) in [4.78, 5) is 21.9. The Morgan fingerprint density at radius 2 is 1.96 bits per heavy atom. The number of nitrogens with one attached hydrogen (secondary N) is 1. The first-order valence-corrected chi connectivity index (χ1v) is 10.8. The summed E-state index contributed by atoms with van der Waals surface area (Å²) in [5.41, 5.74) is 1.07. The fraction of sp³-hybridized carbons (Fsp3) is 0.600. The first-order valence-electron chi connectivity index (χ1n) is 9.98. The summed E-state index contributed by atoms with van der Waals surface area (Å²) in [6.45, 7) is 7.32. The van der Waals surface area contributed by atoms with Crippen molar-refractivity contribution in [1.82, 2.24) is 15.2 Å². The Kier molecular flexibility index (Phi) is 6.21. The SMILES string of the molecule is O=C(NCCCN1CCOCC1)C1CCN(c2nc3ccccc3s2)CC1. The second kappa shape index (κ2) is 8.99. The Bertz CT molecular complexity index is 718. The molecule has 1 N–H and O–H groups in total. The summed E-state index contributed by atoms with van der Waals surface area (Å²) in [5, 5.41) is 4.22. The summed E-state index contributed by atoms with van der Waals surface area (Å²) in [6.07, 6.45) is 2.83. The summed E-state index contributed by atoms with van der Waals surface area (Å²) < 4.78 is 6.59. The van der Waals surface area contributed by atoms with Gasteiger partial charge in [0.05, 0.1) is 23.4 Å². The van der Waals surface area contributed by atoms with Gasteiger partial charge in [0, 0.05) is 38.6 Å². The second-order valence-corrected chi connectivity index (χ2v) is 8.33. The molecule has 0 bridgehead atoms. The molecule has 0 radical (unpaired) electrons. The number of carbonyl (C=O) groups is 1. The minimum absolute atomic E-state index is 0.138. The number of morpholine rings is 1. The molecule has 2 aromatic rings. The third-order valence-electron chi connectivity index (χ3n) is 5.47. The molecule has 1 aromatic heterocycles. The zero-order chi connectivity index (χ0) is 18.5. The largest absolute Gasteiger partial charge is 0.379 e. The molecule has 2 aliphatic heterocycles. The first kappa shape index (κ1) is 18.7. The highest BCUT2D eigenvalue weighted by Gasteiger charge is 2.26. The number of hydrogen-bond donors (Lipinski definition) is 1. The van der Waals surface area contributed by atoms with Crippen molar-refractivity contribution in [3.8, 4) is 0 Å². The zero-order valence-corrected chi connectivity index (χ0v) is 16.5. The van der Waals surface area contributed by atoms with E-state index in [1.165, 1.54) is 4.70 Å². The van der Waals surface area contributed by atoms with Crippen LogP contribution in [-0.2, 0) is 9.53 Å². The van der Waals surface area contributed by atoms with E-state index in [2.05, 4.69) is 33.3 Å². The number of aromatic nitrogens is 1. The lowest BCUT2D eigenvalue weighted by atomic mass is 9.96. The van der Waals surface area contributed by atoms with Gasteiger partial charge in [-0.25, -0.2) is 4.98 Å². The number of amides is 1. The van der Waals surface area contributed by atoms with E-state index >= 15 is 0 Å². The molecule has 0 saturated carbocycles. The van der Waals surface area contributed by atoms with Crippen molar-refractivity contribution < 1.29 is 9.53 Å². The number of benzene rings is 1. The van der Waals surface area contributed by atoms with Crippen LogP contribution in [0.4, 0.5) is 5.13 Å². The third kappa shape index (κ3) is 4.78. The first-order chi connectivity index (χ1) is 13.3. The molecule has 0 aliphatic carbocycles. The standard InChI is InChI=1S/C20H28N4O2S/c25-19(21-8-3-9-23-12-14-26-15-13-23)16-6-10-24(11-7-16)20-22-17-4-1-2-5-18(17)27-20/h1-2,4-5,16H,3,6-15H2,(H,21,25). The van der Waals surface area contributed by atoms with Gasteiger partial charge in [0.2, 0.25) is 5.91 Å². The summed E-state index contributed by atoms with van der Waals surface area (Å²) >= 11 is 1.74. The molecule has 2 fully saturated rings. The predicted octanol–water partition coefficient (Wildman–Crippen LogP) is 2.35. The number of carbonyl (C=O) groups excluding carboxylic acids is 1. The number of rotatable bonds is 6. The van der Waals surface area contributed by atoms with Crippen LogP contribution < -0.4 is 10.2 Å². The fourth-order valence-corrected chi connectivity index (χ4v) is 4.83. The van der Waals surface area contributed by atoms with E-state index in [9.17, 15) is 4.79 Å². The average Bonchev–Trinajstić information content (AvgIpc) is 3.16. The van der Waals surface area contributed by atoms with Crippen LogP contribution in [0.5, 0.6) is 0 Å². The molecule has 4 rings (SSSR count). The molecular formula is C20H28N4O2S. The van der Waals surface area contributed by atoms with Gasteiger partial charge < -0.3 is 15.0 Å². The van der Waals surface area contributed by atoms with Crippen molar-refractivity contribution >= 4 is 32.6 Å². The molecular weight excluding hydrogens is 360 g/mol. The lowest BCUT2D eigenvalue weighted by Crippen LogP contribution is -2.41. The average molecular weight is 389 g/mol. The van der Waals surface area contributed by atoms with Gasteiger partial charge >= 0.3 is 0 Å². The molecule has 0 spiro atoms. The highest BCUT2D eigenvalue weighted by molar-refractivity contribution is 7.22. The molecule has 1 amide bonds. The Balaban J connectivity index is 1.18. The smallest absolute Gasteiger partial charge is 0.223 e. The maximum absolute atomic E-state index is 12.5. The number of fused-ring (bicyclic) bond motifs is 1. The van der Waals surface area contributed by atoms with Crippen LogP contribution in [-0.4, -0.2) is 68.3 Å². The van der Waals surface area contributed by atoms with Crippen molar-refractivity contribution in [2.75, 3.05) is 57.4 Å². The quantitative estimate of drug-likeness (QED) is 0.770. The molecule has 27 heavy (non-hydrogen) atoms. The van der Waals surface area contributed by atoms with Crippen LogP contribution >= 0.6 is 11.3 Å². The molecule has 6 nitrogen and oxygen atoms in total. The van der Waals surface area contributed by atoms with Crippen LogP contribution in [0.25, 0.3) is 10.2 Å². The van der Waals surface area contributed by atoms with Crippen molar-refractivity contribution in [1.29, 1.82) is 0 Å². The topological polar surface area (TPSA) is 57.7 Å². The number of nitrogens with zero attached hydrogens (tertiary/aromatic N) is 3. The van der Waals surface area contributed by atoms with E-state index in [-0.39, 0.29) is 11.8 Å². The van der Waals surface area contributed by atoms with E-state index < -0.39 is 0 Å². The van der Waals surface area contributed by atoms with Crippen molar-refractivity contribution in [3.05, 3.63) is 24.3 Å². The van der Waals surface area contributed by atoms with E-state index in [1.807, 2.05) is 6.07 Å².